The lowest BCUT2D eigenvalue weighted by Crippen LogP contribution is -2.05. The Kier molecular flexibility index (Phi) is 3.50. The third-order valence-electron chi connectivity index (χ3n) is 4.41. The molecule has 0 fully saturated rings. The number of aromatic nitrogens is 6. The quantitative estimate of drug-likeness (QED) is 0.482. The van der Waals surface area contributed by atoms with Gasteiger partial charge in [-0.25, -0.2) is 15.0 Å². The number of carbonyl (C=O) groups excluding carboxylic acids is 1. The molecular weight excluding hydrogens is 340 g/mol. The first-order valence-corrected chi connectivity index (χ1v) is 8.50. The van der Waals surface area contributed by atoms with Gasteiger partial charge in [-0.1, -0.05) is 30.3 Å². The lowest BCUT2D eigenvalue weighted by molar-refractivity contribution is 0.0984. The predicted molar refractivity (Wildman–Crippen MR) is 101 cm³/mol. The molecule has 27 heavy (non-hydrogen) atoms. The van der Waals surface area contributed by atoms with Crippen molar-refractivity contribution in [3.05, 3.63) is 72.3 Å². The molecule has 130 valence electrons. The summed E-state index contributed by atoms with van der Waals surface area (Å²) in [5.74, 6) is 0.0761. The summed E-state index contributed by atoms with van der Waals surface area (Å²) < 4.78 is 0. The monoisotopic (exact) mass is 354 g/mol. The van der Waals surface area contributed by atoms with Crippen LogP contribution >= 0.6 is 0 Å². The summed E-state index contributed by atoms with van der Waals surface area (Å²) >= 11 is 0. The van der Waals surface area contributed by atoms with Crippen molar-refractivity contribution in [2.75, 3.05) is 0 Å². The molecule has 7 heteroatoms. The lowest BCUT2D eigenvalue weighted by atomic mass is 10.1. The molecule has 0 unspecified atom stereocenters. The van der Waals surface area contributed by atoms with E-state index in [1.165, 1.54) is 0 Å². The number of hydrogen-bond donors (Lipinski definition) is 2. The van der Waals surface area contributed by atoms with Gasteiger partial charge in [-0.05, 0) is 23.8 Å². The molecule has 1 aromatic carbocycles. The van der Waals surface area contributed by atoms with Crippen molar-refractivity contribution in [2.45, 2.75) is 6.42 Å². The molecule has 0 saturated heterocycles. The number of hydrogen-bond acceptors (Lipinski definition) is 5. The van der Waals surface area contributed by atoms with E-state index in [0.717, 1.165) is 27.9 Å². The summed E-state index contributed by atoms with van der Waals surface area (Å²) in [6, 6.07) is 15.2. The van der Waals surface area contributed by atoms with Gasteiger partial charge in [-0.3, -0.25) is 20.0 Å². The van der Waals surface area contributed by atoms with Crippen LogP contribution in [0.3, 0.4) is 0 Å². The van der Waals surface area contributed by atoms with Crippen LogP contribution in [0.25, 0.3) is 33.5 Å². The molecule has 0 spiro atoms. The summed E-state index contributed by atoms with van der Waals surface area (Å²) in [6.07, 6.45) is 3.72. The second-order valence-electron chi connectivity index (χ2n) is 6.22. The zero-order valence-corrected chi connectivity index (χ0v) is 14.2. The normalized spacial score (nSPS) is 11.3. The molecule has 0 saturated carbocycles. The molecule has 0 amide bonds. The molecule has 0 aliphatic rings. The van der Waals surface area contributed by atoms with Crippen LogP contribution in [0.2, 0.25) is 0 Å². The predicted octanol–water partition coefficient (Wildman–Crippen LogP) is 3.32. The summed E-state index contributed by atoms with van der Waals surface area (Å²) in [5, 5.41) is 6.22. The highest BCUT2D eigenvalue weighted by molar-refractivity contribution is 5.99. The molecule has 5 aromatic rings. The maximum atomic E-state index is 12.5. The first-order chi connectivity index (χ1) is 13.3. The Morgan fingerprint density at radius 3 is 2.56 bits per heavy atom. The van der Waals surface area contributed by atoms with Gasteiger partial charge in [0.05, 0.1) is 11.2 Å². The minimum atomic E-state index is -0.121. The standard InChI is InChI=1S/C20H14N6O/c27-16(10-12-4-2-1-3-5-12)20-22-15-11-14-18(23-19(15)24-20)17(26-25-14)13-6-8-21-9-7-13/h1-9,11,25-26H,10H2. The van der Waals surface area contributed by atoms with Crippen molar-refractivity contribution in [1.29, 1.82) is 0 Å². The van der Waals surface area contributed by atoms with Gasteiger partial charge < -0.3 is 0 Å². The first-order valence-electron chi connectivity index (χ1n) is 8.50. The fourth-order valence-electron chi connectivity index (χ4n) is 3.08. The number of ketones is 1. The highest BCUT2D eigenvalue weighted by Gasteiger charge is 2.17. The highest BCUT2D eigenvalue weighted by Crippen LogP contribution is 2.26. The maximum Gasteiger partial charge on any atom is 0.204 e. The van der Waals surface area contributed by atoms with Crippen LogP contribution < -0.4 is 0 Å². The molecular formula is C20H14N6O. The number of rotatable bonds is 4. The van der Waals surface area contributed by atoms with Gasteiger partial charge in [0.1, 0.15) is 11.0 Å². The minimum absolute atomic E-state index is 0.121. The van der Waals surface area contributed by atoms with Crippen molar-refractivity contribution >= 4 is 28.0 Å². The van der Waals surface area contributed by atoms with Crippen LogP contribution in [0.5, 0.6) is 0 Å². The van der Waals surface area contributed by atoms with E-state index in [9.17, 15) is 4.79 Å². The van der Waals surface area contributed by atoms with Crippen molar-refractivity contribution in [1.82, 2.24) is 30.1 Å². The number of Topliss-reactive ketones (excluding diaryl/α,β-unsaturated/α-hetero) is 1. The fraction of sp³-hybridized carbons (Fsp3) is 0.0500. The maximum absolute atomic E-state index is 12.5. The number of nitrogens with one attached hydrogen (secondary N) is 2. The number of pyridine rings is 2. The van der Waals surface area contributed by atoms with Crippen LogP contribution in [-0.2, 0) is 6.42 Å². The molecule has 0 atom stereocenters. The van der Waals surface area contributed by atoms with Crippen molar-refractivity contribution in [3.8, 4) is 11.3 Å². The number of aromatic amines is 2. The van der Waals surface area contributed by atoms with E-state index < -0.39 is 0 Å². The second kappa shape index (κ2) is 6.14. The molecule has 5 rings (SSSR count). The van der Waals surface area contributed by atoms with Gasteiger partial charge in [-0.2, -0.15) is 0 Å². The summed E-state index contributed by atoms with van der Waals surface area (Å²) in [6.45, 7) is 0. The van der Waals surface area contributed by atoms with E-state index in [1.807, 2.05) is 48.5 Å². The van der Waals surface area contributed by atoms with E-state index in [1.54, 1.807) is 12.4 Å². The first kappa shape index (κ1) is 15.4. The van der Waals surface area contributed by atoms with Crippen LogP contribution in [0, 0.1) is 0 Å². The summed E-state index contributed by atoms with van der Waals surface area (Å²) in [5.41, 5.74) is 5.34. The number of imidazole rings is 1. The fourth-order valence-corrected chi connectivity index (χ4v) is 3.08. The summed E-state index contributed by atoms with van der Waals surface area (Å²) in [7, 11) is 0. The van der Waals surface area contributed by atoms with Gasteiger partial charge in [-0.15, -0.1) is 0 Å². The Morgan fingerprint density at radius 1 is 0.926 bits per heavy atom. The Labute approximate surface area is 153 Å². The minimum Gasteiger partial charge on any atom is -0.298 e. The van der Waals surface area contributed by atoms with Gasteiger partial charge >= 0.3 is 0 Å². The molecule has 4 aromatic heterocycles. The molecule has 0 aliphatic carbocycles. The third kappa shape index (κ3) is 2.75. The highest BCUT2D eigenvalue weighted by atomic mass is 16.1. The van der Waals surface area contributed by atoms with E-state index >= 15 is 0 Å². The van der Waals surface area contributed by atoms with E-state index in [4.69, 9.17) is 0 Å². The number of fused-ring (bicyclic) bond motifs is 2. The zero-order chi connectivity index (χ0) is 18.2. The van der Waals surface area contributed by atoms with Crippen LogP contribution in [0.1, 0.15) is 16.2 Å². The summed E-state index contributed by atoms with van der Waals surface area (Å²) in [4.78, 5) is 29.9. The Balaban J connectivity index is 1.55. The van der Waals surface area contributed by atoms with Gasteiger partial charge in [0.15, 0.2) is 11.5 Å². The van der Waals surface area contributed by atoms with Crippen LogP contribution in [0.15, 0.2) is 60.9 Å². The second-order valence-corrected chi connectivity index (χ2v) is 6.22. The topological polar surface area (TPSA) is 100 Å². The molecule has 0 bridgehead atoms. The largest absolute Gasteiger partial charge is 0.298 e. The van der Waals surface area contributed by atoms with Crippen molar-refractivity contribution in [2.24, 2.45) is 0 Å². The van der Waals surface area contributed by atoms with Crippen molar-refractivity contribution < 1.29 is 4.79 Å². The lowest BCUT2D eigenvalue weighted by Gasteiger charge is -1.97. The van der Waals surface area contributed by atoms with Crippen LogP contribution in [-0.4, -0.2) is 35.9 Å². The Morgan fingerprint density at radius 2 is 1.74 bits per heavy atom. The Bertz CT molecular complexity index is 1260. The van der Waals surface area contributed by atoms with Gasteiger partial charge in [0, 0.05) is 24.4 Å². The smallest absolute Gasteiger partial charge is 0.204 e. The van der Waals surface area contributed by atoms with E-state index in [2.05, 4.69) is 30.1 Å². The molecule has 4 heterocycles. The third-order valence-corrected chi connectivity index (χ3v) is 4.41. The molecule has 0 radical (unpaired) electrons. The average Bonchev–Trinajstić information content (AvgIpc) is 3.31. The Hall–Kier alpha value is -3.87. The number of nitrogens with zero attached hydrogens (tertiary/aromatic N) is 4. The number of H-pyrrole nitrogens is 2. The van der Waals surface area contributed by atoms with Gasteiger partial charge in [0.25, 0.3) is 0 Å². The molecule has 0 aliphatic heterocycles. The van der Waals surface area contributed by atoms with Crippen molar-refractivity contribution in [3.63, 3.8) is 0 Å². The number of benzene rings is 1. The van der Waals surface area contributed by atoms with Gasteiger partial charge in [0.2, 0.25) is 5.78 Å². The average molecular weight is 354 g/mol. The molecule has 7 nitrogen and oxygen atoms in total. The molecule has 2 N–H and O–H groups in total. The number of carbonyl (C=O) groups is 1. The van der Waals surface area contributed by atoms with E-state index in [-0.39, 0.29) is 18.0 Å². The zero-order valence-electron chi connectivity index (χ0n) is 14.2. The van der Waals surface area contributed by atoms with Crippen LogP contribution in [0.4, 0.5) is 0 Å². The van der Waals surface area contributed by atoms with E-state index in [0.29, 0.717) is 11.2 Å². The SMILES string of the molecule is O=C(Cc1ccccc1)c1nc2cc3[nH][nH]c(-c4ccncc4)c3nc2n1.